The number of carbonyl (C=O) groups excluding carboxylic acids is 1. The summed E-state index contributed by atoms with van der Waals surface area (Å²) >= 11 is 0. The van der Waals surface area contributed by atoms with Gasteiger partial charge in [0.05, 0.1) is 0 Å². The van der Waals surface area contributed by atoms with Crippen LogP contribution in [0.2, 0.25) is 0 Å². The molecule has 0 unspecified atom stereocenters. The number of pyridine rings is 1. The second kappa shape index (κ2) is 4.06. The van der Waals surface area contributed by atoms with E-state index in [0.29, 0.717) is 0 Å². The van der Waals surface area contributed by atoms with E-state index in [-0.39, 0.29) is 23.2 Å². The standard InChI is InChI=1S/C10H11N3O3/c1-3-13-9(15)6(4-11)5(2)7(8(12)14)10(13)16/h16H,3H2,1-2H3,(H2,12,14). The van der Waals surface area contributed by atoms with Crippen molar-refractivity contribution in [2.24, 2.45) is 5.73 Å². The van der Waals surface area contributed by atoms with Gasteiger partial charge in [-0.05, 0) is 19.4 Å². The lowest BCUT2D eigenvalue weighted by molar-refractivity contribution is 0.0995. The van der Waals surface area contributed by atoms with Crippen LogP contribution in [0.4, 0.5) is 0 Å². The summed E-state index contributed by atoms with van der Waals surface area (Å²) in [5, 5.41) is 18.5. The molecule has 0 spiro atoms. The van der Waals surface area contributed by atoms with E-state index in [1.54, 1.807) is 13.0 Å². The van der Waals surface area contributed by atoms with Crippen LogP contribution in [-0.4, -0.2) is 15.6 Å². The fraction of sp³-hybridized carbons (Fsp3) is 0.300. The first-order valence-electron chi connectivity index (χ1n) is 4.61. The van der Waals surface area contributed by atoms with Gasteiger partial charge in [0, 0.05) is 6.54 Å². The minimum Gasteiger partial charge on any atom is -0.494 e. The molecule has 1 amide bonds. The van der Waals surface area contributed by atoms with Crippen LogP contribution in [0, 0.1) is 18.3 Å². The van der Waals surface area contributed by atoms with Crippen molar-refractivity contribution in [3.05, 3.63) is 27.0 Å². The van der Waals surface area contributed by atoms with E-state index in [0.717, 1.165) is 4.57 Å². The van der Waals surface area contributed by atoms with Crippen LogP contribution in [0.3, 0.4) is 0 Å². The Morgan fingerprint density at radius 2 is 2.19 bits per heavy atom. The van der Waals surface area contributed by atoms with Crippen molar-refractivity contribution in [2.75, 3.05) is 0 Å². The average Bonchev–Trinajstić information content (AvgIpc) is 2.18. The van der Waals surface area contributed by atoms with Crippen molar-refractivity contribution in [3.63, 3.8) is 0 Å². The number of primary amides is 1. The topological polar surface area (TPSA) is 109 Å². The zero-order valence-electron chi connectivity index (χ0n) is 8.94. The van der Waals surface area contributed by atoms with Crippen molar-refractivity contribution < 1.29 is 9.90 Å². The largest absolute Gasteiger partial charge is 0.494 e. The van der Waals surface area contributed by atoms with Crippen LogP contribution in [-0.2, 0) is 6.54 Å². The van der Waals surface area contributed by atoms with Crippen LogP contribution in [0.15, 0.2) is 4.79 Å². The van der Waals surface area contributed by atoms with Crippen molar-refractivity contribution >= 4 is 5.91 Å². The molecule has 84 valence electrons. The number of aromatic hydroxyl groups is 1. The summed E-state index contributed by atoms with van der Waals surface area (Å²) in [4.78, 5) is 22.8. The number of nitrogens with zero attached hydrogens (tertiary/aromatic N) is 2. The van der Waals surface area contributed by atoms with Crippen LogP contribution in [0.25, 0.3) is 0 Å². The third kappa shape index (κ3) is 1.52. The van der Waals surface area contributed by atoms with E-state index in [2.05, 4.69) is 0 Å². The predicted molar refractivity (Wildman–Crippen MR) is 56.0 cm³/mol. The highest BCUT2D eigenvalue weighted by Gasteiger charge is 2.21. The highest BCUT2D eigenvalue weighted by molar-refractivity contribution is 5.97. The SMILES string of the molecule is CCn1c(O)c(C(N)=O)c(C)c(C#N)c1=O. The number of aromatic nitrogens is 1. The van der Waals surface area contributed by atoms with Crippen LogP contribution >= 0.6 is 0 Å². The summed E-state index contributed by atoms with van der Waals surface area (Å²) < 4.78 is 0.936. The van der Waals surface area contributed by atoms with E-state index in [1.807, 2.05) is 0 Å². The van der Waals surface area contributed by atoms with E-state index in [9.17, 15) is 14.7 Å². The van der Waals surface area contributed by atoms with Gasteiger partial charge in [0.1, 0.15) is 17.2 Å². The minimum atomic E-state index is -0.867. The molecule has 0 bridgehead atoms. The normalized spacial score (nSPS) is 9.81. The number of carbonyl (C=O) groups is 1. The minimum absolute atomic E-state index is 0.113. The van der Waals surface area contributed by atoms with E-state index in [1.165, 1.54) is 6.92 Å². The molecule has 0 aliphatic heterocycles. The molecule has 1 aromatic heterocycles. The molecular weight excluding hydrogens is 210 g/mol. The van der Waals surface area contributed by atoms with Gasteiger partial charge >= 0.3 is 0 Å². The zero-order valence-corrected chi connectivity index (χ0v) is 8.94. The fourth-order valence-electron chi connectivity index (χ4n) is 1.54. The average molecular weight is 221 g/mol. The predicted octanol–water partition coefficient (Wildman–Crippen LogP) is -0.147. The third-order valence-corrected chi connectivity index (χ3v) is 2.36. The molecule has 0 saturated carbocycles. The first-order valence-corrected chi connectivity index (χ1v) is 4.61. The number of nitrogens with two attached hydrogens (primary N) is 1. The van der Waals surface area contributed by atoms with Gasteiger partial charge in [-0.1, -0.05) is 0 Å². The van der Waals surface area contributed by atoms with Gasteiger partial charge in [-0.3, -0.25) is 14.2 Å². The van der Waals surface area contributed by atoms with Gasteiger partial charge in [0.15, 0.2) is 0 Å². The molecule has 16 heavy (non-hydrogen) atoms. The maximum Gasteiger partial charge on any atom is 0.271 e. The summed E-state index contributed by atoms with van der Waals surface area (Å²) in [6, 6.07) is 1.71. The first kappa shape index (κ1) is 11.8. The molecule has 6 nitrogen and oxygen atoms in total. The summed E-state index contributed by atoms with van der Waals surface area (Å²) in [5.74, 6) is -1.36. The Balaban J connectivity index is 3.87. The summed E-state index contributed by atoms with van der Waals surface area (Å²) in [6.07, 6.45) is 0. The number of hydrogen-bond donors (Lipinski definition) is 2. The Bertz CT molecular complexity index is 552. The molecule has 0 atom stereocenters. The highest BCUT2D eigenvalue weighted by Crippen LogP contribution is 2.20. The Morgan fingerprint density at radius 3 is 2.56 bits per heavy atom. The molecular formula is C10H11N3O3. The molecule has 6 heteroatoms. The summed E-state index contributed by atoms with van der Waals surface area (Å²) in [6.45, 7) is 3.17. The number of amides is 1. The molecule has 1 rings (SSSR count). The fourth-order valence-corrected chi connectivity index (χ4v) is 1.54. The van der Waals surface area contributed by atoms with Crippen molar-refractivity contribution in [3.8, 4) is 11.9 Å². The van der Waals surface area contributed by atoms with E-state index in [4.69, 9.17) is 11.0 Å². The molecule has 0 aromatic carbocycles. The number of rotatable bonds is 2. The van der Waals surface area contributed by atoms with Crippen LogP contribution < -0.4 is 11.3 Å². The molecule has 0 fully saturated rings. The summed E-state index contributed by atoms with van der Waals surface area (Å²) in [5.41, 5.74) is 4.23. The maximum atomic E-state index is 11.7. The monoisotopic (exact) mass is 221 g/mol. The van der Waals surface area contributed by atoms with Crippen molar-refractivity contribution in [2.45, 2.75) is 20.4 Å². The second-order valence-electron chi connectivity index (χ2n) is 3.22. The van der Waals surface area contributed by atoms with Gasteiger partial charge in [-0.25, -0.2) is 0 Å². The quantitative estimate of drug-likeness (QED) is 0.723. The van der Waals surface area contributed by atoms with Gasteiger partial charge in [-0.2, -0.15) is 5.26 Å². The smallest absolute Gasteiger partial charge is 0.271 e. The maximum absolute atomic E-state index is 11.7. The first-order chi connectivity index (χ1) is 7.45. The third-order valence-electron chi connectivity index (χ3n) is 2.36. The molecule has 0 aliphatic rings. The molecule has 1 aromatic rings. The lowest BCUT2D eigenvalue weighted by atomic mass is 10.1. The second-order valence-corrected chi connectivity index (χ2v) is 3.22. The molecule has 0 saturated heterocycles. The number of nitriles is 1. The zero-order chi connectivity index (χ0) is 12.5. The highest BCUT2D eigenvalue weighted by atomic mass is 16.3. The molecule has 3 N–H and O–H groups in total. The lowest BCUT2D eigenvalue weighted by Crippen LogP contribution is -2.27. The molecule has 0 aliphatic carbocycles. The Morgan fingerprint density at radius 1 is 1.62 bits per heavy atom. The van der Waals surface area contributed by atoms with Gasteiger partial charge < -0.3 is 10.8 Å². The van der Waals surface area contributed by atoms with Gasteiger partial charge in [-0.15, -0.1) is 0 Å². The van der Waals surface area contributed by atoms with E-state index < -0.39 is 17.3 Å². The Labute approximate surface area is 91.5 Å². The van der Waals surface area contributed by atoms with Crippen LogP contribution in [0.5, 0.6) is 5.88 Å². The van der Waals surface area contributed by atoms with Gasteiger partial charge in [0.25, 0.3) is 11.5 Å². The van der Waals surface area contributed by atoms with Crippen molar-refractivity contribution in [1.29, 1.82) is 5.26 Å². The number of hydrogen-bond acceptors (Lipinski definition) is 4. The molecule has 0 radical (unpaired) electrons. The van der Waals surface area contributed by atoms with Gasteiger partial charge in [0.2, 0.25) is 5.88 Å². The van der Waals surface area contributed by atoms with Crippen LogP contribution in [0.1, 0.15) is 28.4 Å². The Kier molecular flexibility index (Phi) is 2.99. The summed E-state index contributed by atoms with van der Waals surface area (Å²) in [7, 11) is 0. The van der Waals surface area contributed by atoms with E-state index >= 15 is 0 Å². The van der Waals surface area contributed by atoms with Crippen molar-refractivity contribution in [1.82, 2.24) is 4.57 Å². The Hall–Kier alpha value is -2.29. The lowest BCUT2D eigenvalue weighted by Gasteiger charge is -2.12. The molecule has 1 heterocycles.